The van der Waals surface area contributed by atoms with Crippen LogP contribution in [0, 0.1) is 0 Å². The Balaban J connectivity index is 1.60. The molecule has 5 heteroatoms. The summed E-state index contributed by atoms with van der Waals surface area (Å²) in [4.78, 5) is 19.0. The summed E-state index contributed by atoms with van der Waals surface area (Å²) < 4.78 is 5.48. The van der Waals surface area contributed by atoms with E-state index < -0.39 is 0 Å². The zero-order valence-corrected chi connectivity index (χ0v) is 11.1. The highest BCUT2D eigenvalue weighted by atomic mass is 16.5. The summed E-state index contributed by atoms with van der Waals surface area (Å²) in [5, 5.41) is 2.91. The predicted molar refractivity (Wildman–Crippen MR) is 75.3 cm³/mol. The van der Waals surface area contributed by atoms with Gasteiger partial charge in [0.1, 0.15) is 0 Å². The van der Waals surface area contributed by atoms with Gasteiger partial charge >= 0.3 is 0 Å². The van der Waals surface area contributed by atoms with Gasteiger partial charge in [-0.25, -0.2) is 4.98 Å². The van der Waals surface area contributed by atoms with Gasteiger partial charge in [-0.05, 0) is 30.5 Å². The number of benzene rings is 1. The highest BCUT2D eigenvalue weighted by Gasteiger charge is 2.16. The van der Waals surface area contributed by atoms with E-state index in [1.165, 1.54) is 0 Å². The van der Waals surface area contributed by atoms with Crippen LogP contribution in [0.5, 0.6) is 0 Å². The average molecular weight is 271 g/mol. The van der Waals surface area contributed by atoms with E-state index in [0.29, 0.717) is 12.1 Å². The Morgan fingerprint density at radius 3 is 2.90 bits per heavy atom. The molecule has 1 aliphatic rings. The van der Waals surface area contributed by atoms with E-state index >= 15 is 0 Å². The third-order valence-electron chi connectivity index (χ3n) is 3.47. The molecule has 1 unspecified atom stereocenters. The number of nitrogens with zero attached hydrogens (tertiary/aromatic N) is 1. The van der Waals surface area contributed by atoms with Gasteiger partial charge in [0.2, 0.25) is 0 Å². The quantitative estimate of drug-likeness (QED) is 0.893. The van der Waals surface area contributed by atoms with Crippen molar-refractivity contribution in [3.63, 3.8) is 0 Å². The average Bonchev–Trinajstić information content (AvgIpc) is 3.18. The fraction of sp³-hybridized carbons (Fsp3) is 0.333. The van der Waals surface area contributed by atoms with Gasteiger partial charge < -0.3 is 15.0 Å². The second-order valence-corrected chi connectivity index (χ2v) is 4.89. The molecule has 2 aromatic rings. The number of rotatable bonds is 4. The molecule has 0 bridgehead atoms. The number of nitrogens with one attached hydrogen (secondary N) is 2. The summed E-state index contributed by atoms with van der Waals surface area (Å²) in [5.74, 6) is -0.0586. The molecule has 104 valence electrons. The lowest BCUT2D eigenvalue weighted by Gasteiger charge is -2.10. The van der Waals surface area contributed by atoms with Crippen molar-refractivity contribution in [3.05, 3.63) is 42.4 Å². The summed E-state index contributed by atoms with van der Waals surface area (Å²) in [5.41, 5.74) is 2.61. The van der Waals surface area contributed by atoms with Crippen LogP contribution in [-0.4, -0.2) is 35.1 Å². The number of amides is 1. The Labute approximate surface area is 117 Å². The predicted octanol–water partition coefficient (Wildman–Crippen LogP) is 1.99. The van der Waals surface area contributed by atoms with Gasteiger partial charge in [0, 0.05) is 18.7 Å². The summed E-state index contributed by atoms with van der Waals surface area (Å²) in [6.07, 6.45) is 5.67. The van der Waals surface area contributed by atoms with Crippen molar-refractivity contribution in [2.75, 3.05) is 13.2 Å². The first-order valence-electron chi connectivity index (χ1n) is 6.81. The first kappa shape index (κ1) is 12.9. The van der Waals surface area contributed by atoms with Gasteiger partial charge in [-0.3, -0.25) is 4.79 Å². The van der Waals surface area contributed by atoms with Gasteiger partial charge in [-0.1, -0.05) is 12.1 Å². The second-order valence-electron chi connectivity index (χ2n) is 4.89. The third-order valence-corrected chi connectivity index (χ3v) is 3.47. The lowest BCUT2D eigenvalue weighted by atomic mass is 10.1. The molecule has 1 amide bonds. The van der Waals surface area contributed by atoms with Crippen LogP contribution < -0.4 is 5.32 Å². The van der Waals surface area contributed by atoms with Crippen molar-refractivity contribution in [1.29, 1.82) is 0 Å². The van der Waals surface area contributed by atoms with E-state index in [1.54, 1.807) is 12.5 Å². The molecule has 1 atom stereocenters. The fourth-order valence-corrected chi connectivity index (χ4v) is 2.33. The molecule has 0 radical (unpaired) electrons. The molecule has 5 nitrogen and oxygen atoms in total. The van der Waals surface area contributed by atoms with Crippen molar-refractivity contribution in [3.8, 4) is 11.3 Å². The highest BCUT2D eigenvalue weighted by Crippen LogP contribution is 2.16. The molecule has 1 fully saturated rings. The van der Waals surface area contributed by atoms with Crippen LogP contribution in [0.1, 0.15) is 23.2 Å². The van der Waals surface area contributed by atoms with Crippen molar-refractivity contribution in [2.24, 2.45) is 0 Å². The van der Waals surface area contributed by atoms with Gasteiger partial charge in [0.15, 0.2) is 0 Å². The SMILES string of the molecule is O=C(NCC1CCCO1)c1ccc(-c2cnc[nH]2)cc1. The van der Waals surface area contributed by atoms with Crippen LogP contribution in [-0.2, 0) is 4.74 Å². The van der Waals surface area contributed by atoms with Gasteiger partial charge in [-0.2, -0.15) is 0 Å². The number of hydrogen-bond acceptors (Lipinski definition) is 3. The van der Waals surface area contributed by atoms with Crippen LogP contribution in [0.25, 0.3) is 11.3 Å². The van der Waals surface area contributed by atoms with E-state index in [4.69, 9.17) is 4.74 Å². The number of carbonyl (C=O) groups is 1. The molecule has 0 aliphatic carbocycles. The molecule has 0 spiro atoms. The third kappa shape index (κ3) is 2.88. The van der Waals surface area contributed by atoms with Crippen LogP contribution >= 0.6 is 0 Å². The molecule has 1 aromatic carbocycles. The minimum Gasteiger partial charge on any atom is -0.376 e. The van der Waals surface area contributed by atoms with E-state index in [2.05, 4.69) is 15.3 Å². The van der Waals surface area contributed by atoms with Crippen LogP contribution in [0.4, 0.5) is 0 Å². The highest BCUT2D eigenvalue weighted by molar-refractivity contribution is 5.94. The number of carbonyl (C=O) groups excluding carboxylic acids is 1. The first-order valence-corrected chi connectivity index (χ1v) is 6.81. The Hall–Kier alpha value is -2.14. The smallest absolute Gasteiger partial charge is 0.251 e. The maximum atomic E-state index is 12.0. The second kappa shape index (κ2) is 5.88. The van der Waals surface area contributed by atoms with Gasteiger partial charge in [0.05, 0.1) is 24.3 Å². The number of aromatic nitrogens is 2. The summed E-state index contributed by atoms with van der Waals surface area (Å²) in [6.45, 7) is 1.39. The van der Waals surface area contributed by atoms with Crippen molar-refractivity contribution >= 4 is 5.91 Å². The number of H-pyrrole nitrogens is 1. The van der Waals surface area contributed by atoms with Crippen LogP contribution in [0.3, 0.4) is 0 Å². The molecular formula is C15H17N3O2. The minimum atomic E-state index is -0.0586. The molecule has 2 N–H and O–H groups in total. The Kier molecular flexibility index (Phi) is 3.78. The topological polar surface area (TPSA) is 67.0 Å². The zero-order chi connectivity index (χ0) is 13.8. The monoisotopic (exact) mass is 271 g/mol. The largest absolute Gasteiger partial charge is 0.376 e. The first-order chi connectivity index (χ1) is 9.83. The number of aromatic amines is 1. The minimum absolute atomic E-state index is 0.0586. The van der Waals surface area contributed by atoms with E-state index in [0.717, 1.165) is 30.7 Å². The zero-order valence-electron chi connectivity index (χ0n) is 11.1. The Morgan fingerprint density at radius 1 is 1.40 bits per heavy atom. The standard InChI is InChI=1S/C15H17N3O2/c19-15(17-8-13-2-1-7-20-13)12-5-3-11(4-6-12)14-9-16-10-18-14/h3-6,9-10,13H,1-2,7-8H2,(H,16,18)(H,17,19). The van der Waals surface area contributed by atoms with Crippen molar-refractivity contribution in [2.45, 2.75) is 18.9 Å². The maximum absolute atomic E-state index is 12.0. The number of imidazole rings is 1. The van der Waals surface area contributed by atoms with Crippen LogP contribution in [0.15, 0.2) is 36.8 Å². The molecule has 1 saturated heterocycles. The van der Waals surface area contributed by atoms with E-state index in [1.807, 2.05) is 24.3 Å². The lowest BCUT2D eigenvalue weighted by Crippen LogP contribution is -2.31. The van der Waals surface area contributed by atoms with Gasteiger partial charge in [0.25, 0.3) is 5.91 Å². The Morgan fingerprint density at radius 2 is 2.25 bits per heavy atom. The summed E-state index contributed by atoms with van der Waals surface area (Å²) in [6, 6.07) is 7.46. The molecular weight excluding hydrogens is 254 g/mol. The molecule has 20 heavy (non-hydrogen) atoms. The lowest BCUT2D eigenvalue weighted by molar-refractivity contribution is 0.0858. The fourth-order valence-electron chi connectivity index (χ4n) is 2.33. The van der Waals surface area contributed by atoms with E-state index in [9.17, 15) is 4.79 Å². The Bertz CT molecular complexity index is 557. The summed E-state index contributed by atoms with van der Waals surface area (Å²) in [7, 11) is 0. The maximum Gasteiger partial charge on any atom is 0.251 e. The van der Waals surface area contributed by atoms with E-state index in [-0.39, 0.29) is 12.0 Å². The molecule has 0 saturated carbocycles. The molecule has 1 aliphatic heterocycles. The van der Waals surface area contributed by atoms with Gasteiger partial charge in [-0.15, -0.1) is 0 Å². The summed E-state index contributed by atoms with van der Waals surface area (Å²) >= 11 is 0. The normalized spacial score (nSPS) is 18.1. The number of hydrogen-bond donors (Lipinski definition) is 2. The van der Waals surface area contributed by atoms with Crippen molar-refractivity contribution in [1.82, 2.24) is 15.3 Å². The van der Waals surface area contributed by atoms with Crippen molar-refractivity contribution < 1.29 is 9.53 Å². The molecule has 2 heterocycles. The molecule has 1 aromatic heterocycles. The number of ether oxygens (including phenoxy) is 1. The van der Waals surface area contributed by atoms with Crippen LogP contribution in [0.2, 0.25) is 0 Å². The molecule has 3 rings (SSSR count).